The predicted molar refractivity (Wildman–Crippen MR) is 108 cm³/mol. The Kier molecular flexibility index (Phi) is 5.42. The van der Waals surface area contributed by atoms with Crippen LogP contribution in [0.15, 0.2) is 53.4 Å². The lowest BCUT2D eigenvalue weighted by Gasteiger charge is -2.32. The van der Waals surface area contributed by atoms with Gasteiger partial charge in [0.05, 0.1) is 26.2 Å². The zero-order chi connectivity index (χ0) is 20.6. The number of halogens is 1. The molecule has 2 aromatic rings. The number of quaternary nitrogens is 1. The maximum absolute atomic E-state index is 14.0. The summed E-state index contributed by atoms with van der Waals surface area (Å²) in [5.41, 5.74) is 2.16. The summed E-state index contributed by atoms with van der Waals surface area (Å²) in [5.74, 6) is -0.679. The van der Waals surface area contributed by atoms with Crippen molar-refractivity contribution in [2.75, 3.05) is 37.6 Å². The first kappa shape index (κ1) is 20.0. The maximum atomic E-state index is 14.0. The van der Waals surface area contributed by atoms with Gasteiger partial charge in [-0.15, -0.1) is 0 Å². The van der Waals surface area contributed by atoms with Crippen LogP contribution in [-0.4, -0.2) is 57.4 Å². The number of carbonyl (C=O) groups is 1. The third kappa shape index (κ3) is 3.80. The van der Waals surface area contributed by atoms with Crippen LogP contribution in [0.4, 0.5) is 10.1 Å². The number of hydrogen-bond acceptors (Lipinski definition) is 3. The van der Waals surface area contributed by atoms with E-state index in [9.17, 15) is 17.6 Å². The van der Waals surface area contributed by atoms with E-state index in [1.165, 1.54) is 28.1 Å². The molecule has 1 atom stereocenters. The highest BCUT2D eigenvalue weighted by molar-refractivity contribution is 7.89. The van der Waals surface area contributed by atoms with Crippen LogP contribution in [0.2, 0.25) is 0 Å². The minimum Gasteiger partial charge on any atom is -0.325 e. The van der Waals surface area contributed by atoms with Crippen LogP contribution in [-0.2, 0) is 21.2 Å². The van der Waals surface area contributed by atoms with Gasteiger partial charge in [-0.2, -0.15) is 4.31 Å². The van der Waals surface area contributed by atoms with E-state index in [-0.39, 0.29) is 29.9 Å². The van der Waals surface area contributed by atoms with E-state index in [4.69, 9.17) is 0 Å². The fourth-order valence-electron chi connectivity index (χ4n) is 4.26. The van der Waals surface area contributed by atoms with E-state index in [0.717, 1.165) is 23.1 Å². The highest BCUT2D eigenvalue weighted by Gasteiger charge is 2.36. The number of carbonyl (C=O) groups excluding carboxylic acids is 1. The lowest BCUT2D eigenvalue weighted by atomic mass is 10.1. The van der Waals surface area contributed by atoms with Crippen LogP contribution in [0.1, 0.15) is 12.5 Å². The summed E-state index contributed by atoms with van der Waals surface area (Å²) in [7, 11) is -3.86. The largest absolute Gasteiger partial charge is 0.325 e. The highest BCUT2D eigenvalue weighted by atomic mass is 32.2. The molecule has 29 heavy (non-hydrogen) atoms. The van der Waals surface area contributed by atoms with Gasteiger partial charge in [0.25, 0.3) is 5.91 Å². The van der Waals surface area contributed by atoms with E-state index in [2.05, 4.69) is 6.07 Å². The number of fused-ring (bicyclic) bond motifs is 1. The van der Waals surface area contributed by atoms with Crippen molar-refractivity contribution in [1.82, 2.24) is 4.31 Å². The lowest BCUT2D eigenvalue weighted by molar-refractivity contribution is -0.895. The van der Waals surface area contributed by atoms with Crippen LogP contribution < -0.4 is 9.80 Å². The van der Waals surface area contributed by atoms with Gasteiger partial charge < -0.3 is 9.80 Å². The van der Waals surface area contributed by atoms with Crippen LogP contribution >= 0.6 is 0 Å². The molecular formula is C21H25FN3O3S+. The van der Waals surface area contributed by atoms with E-state index in [1.54, 1.807) is 0 Å². The first-order valence-corrected chi connectivity index (χ1v) is 11.3. The molecule has 2 aromatic carbocycles. The number of nitrogens with zero attached hydrogens (tertiary/aromatic N) is 2. The lowest BCUT2D eigenvalue weighted by Crippen LogP contribution is -3.15. The van der Waals surface area contributed by atoms with E-state index in [1.807, 2.05) is 30.0 Å². The topological polar surface area (TPSA) is 62.1 Å². The number of benzene rings is 2. The molecule has 1 N–H and O–H groups in total. The van der Waals surface area contributed by atoms with Crippen molar-refractivity contribution < 1.29 is 22.5 Å². The molecule has 0 saturated carbocycles. The highest BCUT2D eigenvalue weighted by Crippen LogP contribution is 2.31. The molecule has 2 aliphatic heterocycles. The molecule has 154 valence electrons. The van der Waals surface area contributed by atoms with Gasteiger partial charge in [0.2, 0.25) is 10.0 Å². The third-order valence-electron chi connectivity index (χ3n) is 5.76. The van der Waals surface area contributed by atoms with Gasteiger partial charge in [-0.1, -0.05) is 30.3 Å². The van der Waals surface area contributed by atoms with Crippen LogP contribution in [0.3, 0.4) is 0 Å². The van der Waals surface area contributed by atoms with Gasteiger partial charge in [0.1, 0.15) is 10.7 Å². The minimum atomic E-state index is -3.86. The second-order valence-electron chi connectivity index (χ2n) is 7.71. The number of para-hydroxylation sites is 1. The number of anilines is 1. The number of piperazine rings is 1. The molecule has 2 heterocycles. The van der Waals surface area contributed by atoms with Crippen molar-refractivity contribution in [2.24, 2.45) is 0 Å². The Hall–Kier alpha value is -2.29. The fourth-order valence-corrected chi connectivity index (χ4v) is 5.76. The molecule has 4 rings (SSSR count). The third-order valence-corrected chi connectivity index (χ3v) is 7.69. The van der Waals surface area contributed by atoms with Gasteiger partial charge in [0.15, 0.2) is 6.54 Å². The van der Waals surface area contributed by atoms with Gasteiger partial charge in [0, 0.05) is 11.7 Å². The monoisotopic (exact) mass is 418 g/mol. The van der Waals surface area contributed by atoms with Crippen molar-refractivity contribution >= 4 is 21.6 Å². The molecule has 0 aromatic heterocycles. The molecule has 0 radical (unpaired) electrons. The smallest absolute Gasteiger partial charge is 0.282 e. The average molecular weight is 419 g/mol. The maximum Gasteiger partial charge on any atom is 0.282 e. The van der Waals surface area contributed by atoms with E-state index in [0.29, 0.717) is 19.6 Å². The summed E-state index contributed by atoms with van der Waals surface area (Å²) in [6.45, 7) is 3.95. The van der Waals surface area contributed by atoms with Crippen LogP contribution in [0, 0.1) is 5.82 Å². The van der Waals surface area contributed by atoms with Gasteiger partial charge in [-0.25, -0.2) is 12.8 Å². The van der Waals surface area contributed by atoms with E-state index >= 15 is 0 Å². The molecule has 1 amide bonds. The fraction of sp³-hybridized carbons (Fsp3) is 0.381. The van der Waals surface area contributed by atoms with E-state index < -0.39 is 15.8 Å². The molecule has 2 aliphatic rings. The normalized spacial score (nSPS) is 20.6. The molecule has 0 aliphatic carbocycles. The minimum absolute atomic E-state index is 0.0582. The summed E-state index contributed by atoms with van der Waals surface area (Å²) >= 11 is 0. The summed E-state index contributed by atoms with van der Waals surface area (Å²) in [4.78, 5) is 15.6. The number of sulfonamides is 1. The molecule has 1 fully saturated rings. The summed E-state index contributed by atoms with van der Waals surface area (Å²) in [5, 5.41) is 0. The number of hydrogen-bond donors (Lipinski definition) is 1. The van der Waals surface area contributed by atoms with Crippen molar-refractivity contribution in [3.8, 4) is 0 Å². The SMILES string of the molecule is C[C@@H]1Cc2ccccc2N1C(=O)C[NH+]1CCN(S(=O)(=O)c2ccccc2F)CC1. The predicted octanol–water partition coefficient (Wildman–Crippen LogP) is 0.693. The molecule has 8 heteroatoms. The van der Waals surface area contributed by atoms with Gasteiger partial charge >= 0.3 is 0 Å². The zero-order valence-electron chi connectivity index (χ0n) is 16.3. The quantitative estimate of drug-likeness (QED) is 0.795. The molecule has 0 bridgehead atoms. The number of amides is 1. The van der Waals surface area contributed by atoms with Crippen molar-refractivity contribution in [2.45, 2.75) is 24.3 Å². The second kappa shape index (κ2) is 7.85. The Morgan fingerprint density at radius 3 is 2.48 bits per heavy atom. The molecule has 1 saturated heterocycles. The molecule has 0 spiro atoms. The Morgan fingerprint density at radius 2 is 1.76 bits per heavy atom. The zero-order valence-corrected chi connectivity index (χ0v) is 17.2. The Balaban J connectivity index is 1.39. The van der Waals surface area contributed by atoms with Crippen LogP contribution in [0.25, 0.3) is 0 Å². The van der Waals surface area contributed by atoms with Crippen molar-refractivity contribution in [3.05, 3.63) is 59.9 Å². The summed E-state index contributed by atoms with van der Waals surface area (Å²) < 4.78 is 40.7. The second-order valence-corrected chi connectivity index (χ2v) is 9.61. The van der Waals surface area contributed by atoms with Crippen molar-refractivity contribution in [1.29, 1.82) is 0 Å². The first-order chi connectivity index (χ1) is 13.9. The molecular weight excluding hydrogens is 393 g/mol. The molecule has 6 nitrogen and oxygen atoms in total. The van der Waals surface area contributed by atoms with Gasteiger partial charge in [-0.05, 0) is 37.1 Å². The first-order valence-electron chi connectivity index (χ1n) is 9.86. The Labute approximate surface area is 170 Å². The van der Waals surface area contributed by atoms with Gasteiger partial charge in [-0.3, -0.25) is 4.79 Å². The van der Waals surface area contributed by atoms with Crippen LogP contribution in [0.5, 0.6) is 0 Å². The number of rotatable bonds is 4. The molecule has 0 unspecified atom stereocenters. The summed E-state index contributed by atoms with van der Waals surface area (Å²) in [6, 6.07) is 13.5. The standard InChI is InChI=1S/C21H24FN3O3S/c1-16-14-17-6-2-4-8-19(17)25(16)21(26)15-23-10-12-24(13-11-23)29(27,28)20-9-5-3-7-18(20)22/h2-9,16H,10-15H2,1H3/p+1/t16-/m1/s1. The summed E-state index contributed by atoms with van der Waals surface area (Å²) in [6.07, 6.45) is 0.853. The number of nitrogens with one attached hydrogen (secondary N) is 1. The van der Waals surface area contributed by atoms with Crippen molar-refractivity contribution in [3.63, 3.8) is 0 Å². The Morgan fingerprint density at radius 1 is 1.10 bits per heavy atom. The Bertz CT molecular complexity index is 1020. The average Bonchev–Trinajstić information content (AvgIpc) is 3.04.